The Labute approximate surface area is 176 Å². The minimum absolute atomic E-state index is 0. The van der Waals surface area contributed by atoms with Gasteiger partial charge in [-0.2, -0.15) is 0 Å². The Morgan fingerprint density at radius 2 is 1.80 bits per heavy atom. The average Bonchev–Trinajstić information content (AvgIpc) is 2.69. The van der Waals surface area contributed by atoms with E-state index in [9.17, 15) is 23.5 Å². The molecule has 1 N–H and O–H groups in total. The van der Waals surface area contributed by atoms with Crippen molar-refractivity contribution < 1.29 is 18.7 Å². The lowest BCUT2D eigenvalue weighted by Gasteiger charge is -2.34. The zero-order valence-corrected chi connectivity index (χ0v) is 16.8. The first-order valence-corrected chi connectivity index (χ1v) is 9.02. The van der Waals surface area contributed by atoms with Gasteiger partial charge in [0, 0.05) is 44.0 Å². The second-order valence-electron chi connectivity index (χ2n) is 6.99. The van der Waals surface area contributed by atoms with Crippen molar-refractivity contribution in [3.63, 3.8) is 0 Å². The number of halogens is 3. The normalized spacial score (nSPS) is 14.6. The van der Waals surface area contributed by atoms with Crippen LogP contribution in [-0.2, 0) is 0 Å². The van der Waals surface area contributed by atoms with Crippen molar-refractivity contribution in [2.24, 2.45) is 0 Å². The lowest BCUT2D eigenvalue weighted by Crippen LogP contribution is -2.44. The van der Waals surface area contributed by atoms with Crippen molar-refractivity contribution in [1.82, 2.24) is 14.5 Å². The first kappa shape index (κ1) is 21.7. The van der Waals surface area contributed by atoms with Crippen molar-refractivity contribution in [2.75, 3.05) is 38.1 Å². The summed E-state index contributed by atoms with van der Waals surface area (Å²) in [6, 6.07) is 3.88. The van der Waals surface area contributed by atoms with E-state index in [-0.39, 0.29) is 34.7 Å². The SMILES string of the molecule is CN1CCN(c2cc3c(cc2F)c(=O)c(C(=O)O)cn3-c2ccncc2F)CC1.Cl. The third-order valence-electron chi connectivity index (χ3n) is 5.16. The van der Waals surface area contributed by atoms with Gasteiger partial charge >= 0.3 is 5.97 Å². The number of aromatic carboxylic acids is 1. The molecule has 1 fully saturated rings. The van der Waals surface area contributed by atoms with Gasteiger partial charge in [0.1, 0.15) is 11.4 Å². The monoisotopic (exact) mass is 436 g/mol. The van der Waals surface area contributed by atoms with Crippen LogP contribution in [0.5, 0.6) is 0 Å². The van der Waals surface area contributed by atoms with Gasteiger partial charge < -0.3 is 19.5 Å². The summed E-state index contributed by atoms with van der Waals surface area (Å²) in [5.41, 5.74) is -0.859. The van der Waals surface area contributed by atoms with E-state index in [1.54, 1.807) is 0 Å². The molecule has 4 rings (SSSR count). The Kier molecular flexibility index (Phi) is 6.04. The quantitative estimate of drug-likeness (QED) is 0.679. The number of aromatic nitrogens is 2. The fourth-order valence-corrected chi connectivity index (χ4v) is 3.54. The molecule has 0 atom stereocenters. The van der Waals surface area contributed by atoms with Gasteiger partial charge in [-0.3, -0.25) is 9.78 Å². The highest BCUT2D eigenvalue weighted by Crippen LogP contribution is 2.28. The van der Waals surface area contributed by atoms with Gasteiger partial charge in [0.2, 0.25) is 5.43 Å². The highest BCUT2D eigenvalue weighted by atomic mass is 35.5. The molecule has 158 valence electrons. The Hall–Kier alpha value is -3.04. The van der Waals surface area contributed by atoms with Gasteiger partial charge in [-0.05, 0) is 25.2 Å². The summed E-state index contributed by atoms with van der Waals surface area (Å²) in [6.07, 6.45) is 3.41. The largest absolute Gasteiger partial charge is 0.477 e. The van der Waals surface area contributed by atoms with Crippen molar-refractivity contribution in [1.29, 1.82) is 0 Å². The van der Waals surface area contributed by atoms with E-state index >= 15 is 0 Å². The topological polar surface area (TPSA) is 78.7 Å². The summed E-state index contributed by atoms with van der Waals surface area (Å²) in [7, 11) is 1.98. The van der Waals surface area contributed by atoms with Crippen molar-refractivity contribution in [2.45, 2.75) is 0 Å². The Balaban J connectivity index is 0.00000256. The number of hydrogen-bond donors (Lipinski definition) is 1. The summed E-state index contributed by atoms with van der Waals surface area (Å²) >= 11 is 0. The van der Waals surface area contributed by atoms with E-state index in [0.29, 0.717) is 13.1 Å². The molecule has 0 bridgehead atoms. The molecule has 1 saturated heterocycles. The first-order chi connectivity index (χ1) is 13.9. The van der Waals surface area contributed by atoms with E-state index in [0.717, 1.165) is 31.5 Å². The molecule has 0 radical (unpaired) electrons. The highest BCUT2D eigenvalue weighted by Gasteiger charge is 2.22. The number of benzene rings is 1. The van der Waals surface area contributed by atoms with Crippen LogP contribution >= 0.6 is 12.4 Å². The summed E-state index contributed by atoms with van der Waals surface area (Å²) in [5, 5.41) is 9.26. The number of carboxylic acid groups (broad SMARTS) is 1. The van der Waals surface area contributed by atoms with Gasteiger partial charge in [0.25, 0.3) is 0 Å². The lowest BCUT2D eigenvalue weighted by atomic mass is 10.1. The highest BCUT2D eigenvalue weighted by molar-refractivity contribution is 5.94. The number of carbonyl (C=O) groups is 1. The van der Waals surface area contributed by atoms with Crippen LogP contribution in [0, 0.1) is 11.6 Å². The number of pyridine rings is 2. The van der Waals surface area contributed by atoms with E-state index in [4.69, 9.17) is 0 Å². The van der Waals surface area contributed by atoms with Crippen LogP contribution in [0.1, 0.15) is 10.4 Å². The van der Waals surface area contributed by atoms with Gasteiger partial charge in [0.15, 0.2) is 5.82 Å². The molecule has 2 aromatic heterocycles. The molecule has 30 heavy (non-hydrogen) atoms. The maximum absolute atomic E-state index is 14.9. The molecule has 7 nitrogen and oxygen atoms in total. The number of anilines is 1. The average molecular weight is 437 g/mol. The smallest absolute Gasteiger partial charge is 0.341 e. The molecule has 1 aliphatic heterocycles. The lowest BCUT2D eigenvalue weighted by molar-refractivity contribution is 0.0695. The van der Waals surface area contributed by atoms with Gasteiger partial charge in [-0.15, -0.1) is 12.4 Å². The Bertz CT molecular complexity index is 1180. The molecule has 3 heterocycles. The number of fused-ring (bicyclic) bond motifs is 1. The Morgan fingerprint density at radius 1 is 1.10 bits per heavy atom. The minimum Gasteiger partial charge on any atom is -0.477 e. The van der Waals surface area contributed by atoms with Gasteiger partial charge in [-0.1, -0.05) is 0 Å². The molecular formula is C20H19ClF2N4O3. The van der Waals surface area contributed by atoms with Crippen molar-refractivity contribution >= 4 is 35.0 Å². The standard InChI is InChI=1S/C20H18F2N4O3.ClH/c1-24-4-6-25(7-5-24)18-9-17-12(8-14(18)21)19(27)13(20(28)29)11-26(17)16-2-3-23-10-15(16)22;/h2-3,8-11H,4-7H2,1H3,(H,28,29);1H. The number of hydrogen-bond acceptors (Lipinski definition) is 5. The number of nitrogens with zero attached hydrogens (tertiary/aromatic N) is 4. The van der Waals surface area contributed by atoms with E-state index in [2.05, 4.69) is 9.88 Å². The molecule has 3 aromatic rings. The molecule has 1 aromatic carbocycles. The fraction of sp³-hybridized carbons (Fsp3) is 0.250. The van der Waals surface area contributed by atoms with Crippen molar-refractivity contribution in [3.8, 4) is 5.69 Å². The summed E-state index contributed by atoms with van der Waals surface area (Å²) in [6.45, 7) is 2.70. The molecule has 0 saturated carbocycles. The number of carboxylic acids is 1. The summed E-state index contributed by atoms with van der Waals surface area (Å²) < 4.78 is 30.6. The number of likely N-dealkylation sites (N-methyl/N-ethyl adjacent to an activating group) is 1. The summed E-state index contributed by atoms with van der Waals surface area (Å²) in [5.74, 6) is -2.79. The molecular weight excluding hydrogens is 418 g/mol. The van der Waals surface area contributed by atoms with E-state index < -0.39 is 28.6 Å². The maximum atomic E-state index is 14.9. The Morgan fingerprint density at radius 3 is 2.43 bits per heavy atom. The molecule has 10 heteroatoms. The number of piperazine rings is 1. The molecule has 0 aliphatic carbocycles. The predicted octanol–water partition coefficient (Wildman–Crippen LogP) is 2.54. The van der Waals surface area contributed by atoms with Crippen LogP contribution in [0.2, 0.25) is 0 Å². The second-order valence-corrected chi connectivity index (χ2v) is 6.99. The third-order valence-corrected chi connectivity index (χ3v) is 5.16. The van der Waals surface area contributed by atoms with Crippen LogP contribution in [0.15, 0.2) is 41.6 Å². The minimum atomic E-state index is -1.47. The predicted molar refractivity (Wildman–Crippen MR) is 111 cm³/mol. The number of rotatable bonds is 3. The van der Waals surface area contributed by atoms with Crippen LogP contribution in [0.3, 0.4) is 0 Å². The van der Waals surface area contributed by atoms with Gasteiger partial charge in [-0.25, -0.2) is 13.6 Å². The summed E-state index contributed by atoms with van der Waals surface area (Å²) in [4.78, 5) is 31.9. The fourth-order valence-electron chi connectivity index (χ4n) is 3.54. The molecule has 0 unspecified atom stereocenters. The van der Waals surface area contributed by atoms with Crippen LogP contribution in [-0.4, -0.2) is 58.8 Å². The second kappa shape index (κ2) is 8.37. The maximum Gasteiger partial charge on any atom is 0.341 e. The van der Waals surface area contributed by atoms with Crippen LogP contribution in [0.4, 0.5) is 14.5 Å². The van der Waals surface area contributed by atoms with E-state index in [1.807, 2.05) is 11.9 Å². The molecule has 1 aliphatic rings. The first-order valence-electron chi connectivity index (χ1n) is 9.02. The van der Waals surface area contributed by atoms with E-state index in [1.165, 1.54) is 22.9 Å². The zero-order valence-electron chi connectivity index (χ0n) is 16.0. The van der Waals surface area contributed by atoms with Crippen molar-refractivity contribution in [3.05, 3.63) is 64.2 Å². The van der Waals surface area contributed by atoms with Gasteiger partial charge in [0.05, 0.1) is 23.1 Å². The van der Waals surface area contributed by atoms with Crippen LogP contribution in [0.25, 0.3) is 16.6 Å². The molecule has 0 spiro atoms. The third kappa shape index (κ3) is 3.73. The van der Waals surface area contributed by atoms with Crippen LogP contribution < -0.4 is 10.3 Å². The molecule has 0 amide bonds. The zero-order chi connectivity index (χ0) is 20.7.